The molecule has 5 nitrogen and oxygen atoms in total. The summed E-state index contributed by atoms with van der Waals surface area (Å²) in [5, 5.41) is 11.0. The van der Waals surface area contributed by atoms with Gasteiger partial charge >= 0.3 is 5.97 Å². The molecule has 1 rings (SSSR count). The summed E-state index contributed by atoms with van der Waals surface area (Å²) in [4.78, 5) is 34.0. The van der Waals surface area contributed by atoms with Crippen LogP contribution in [0.2, 0.25) is 0 Å². The Balaban J connectivity index is 2.41. The fraction of sp³-hybridized carbons (Fsp3) is 0.308. The highest BCUT2D eigenvalue weighted by Gasteiger charge is 2.15. The monoisotopic (exact) mass is 359 g/mol. The Kier molecular flexibility index (Phi) is 6.74. The van der Waals surface area contributed by atoms with E-state index >= 15 is 0 Å². The fourth-order valence-corrected chi connectivity index (χ4v) is 2.61. The van der Waals surface area contributed by atoms with Crippen LogP contribution in [-0.4, -0.2) is 34.4 Å². The predicted molar refractivity (Wildman–Crippen MR) is 80.7 cm³/mol. The Hall–Kier alpha value is -1.34. The lowest BCUT2D eigenvalue weighted by molar-refractivity contribution is -0.140. The molecule has 0 saturated heterocycles. The van der Waals surface area contributed by atoms with Gasteiger partial charge < -0.3 is 5.11 Å². The van der Waals surface area contributed by atoms with Gasteiger partial charge in [-0.2, -0.15) is 11.8 Å². The lowest BCUT2D eigenvalue weighted by atomic mass is 10.2. The number of amides is 2. The quantitative estimate of drug-likeness (QED) is 0.812. The largest absolute Gasteiger partial charge is 0.481 e. The third-order valence-corrected chi connectivity index (χ3v) is 4.29. The van der Waals surface area contributed by atoms with Crippen LogP contribution in [0.4, 0.5) is 0 Å². The molecule has 7 heteroatoms. The molecule has 0 spiro atoms. The molecular formula is C13H14BrNO4S. The minimum absolute atomic E-state index is 0.0494. The van der Waals surface area contributed by atoms with E-state index in [0.717, 1.165) is 0 Å². The van der Waals surface area contributed by atoms with Gasteiger partial charge in [0, 0.05) is 10.2 Å². The van der Waals surface area contributed by atoms with E-state index in [1.807, 2.05) is 0 Å². The molecule has 1 atom stereocenters. The van der Waals surface area contributed by atoms with Gasteiger partial charge in [0.05, 0.1) is 17.2 Å². The highest BCUT2D eigenvalue weighted by Crippen LogP contribution is 2.15. The van der Waals surface area contributed by atoms with E-state index in [9.17, 15) is 14.4 Å². The summed E-state index contributed by atoms with van der Waals surface area (Å²) >= 11 is 4.41. The molecule has 0 fully saturated rings. The van der Waals surface area contributed by atoms with Gasteiger partial charge in [0.1, 0.15) is 0 Å². The zero-order valence-corrected chi connectivity index (χ0v) is 13.2. The van der Waals surface area contributed by atoms with E-state index in [-0.39, 0.29) is 5.75 Å². The minimum Gasteiger partial charge on any atom is -0.481 e. The van der Waals surface area contributed by atoms with Crippen LogP contribution in [-0.2, 0) is 9.59 Å². The number of aliphatic carboxylic acids is 1. The number of carbonyl (C=O) groups is 3. The van der Waals surface area contributed by atoms with E-state index in [2.05, 4.69) is 21.2 Å². The van der Waals surface area contributed by atoms with Crippen molar-refractivity contribution in [3.8, 4) is 0 Å². The molecule has 0 heterocycles. The molecule has 1 aromatic carbocycles. The summed E-state index contributed by atoms with van der Waals surface area (Å²) in [6.45, 7) is 1.57. The molecule has 2 N–H and O–H groups in total. The van der Waals surface area contributed by atoms with Crippen LogP contribution < -0.4 is 5.32 Å². The molecular weight excluding hydrogens is 346 g/mol. The standard InChI is InChI=1S/C13H14BrNO4S/c1-8(13(18)19)6-20-7-11(16)15-12(17)9-4-2-3-5-10(9)14/h2-5,8H,6-7H2,1H3,(H,18,19)(H,15,16,17). The highest BCUT2D eigenvalue weighted by atomic mass is 79.9. The number of halogens is 1. The van der Waals surface area contributed by atoms with Gasteiger partial charge in [-0.25, -0.2) is 0 Å². The molecule has 1 aromatic rings. The Morgan fingerprint density at radius 2 is 2.00 bits per heavy atom. The van der Waals surface area contributed by atoms with Crippen LogP contribution in [0.15, 0.2) is 28.7 Å². The Bertz CT molecular complexity index is 521. The van der Waals surface area contributed by atoms with Crippen molar-refractivity contribution in [3.63, 3.8) is 0 Å². The van der Waals surface area contributed by atoms with Crippen molar-refractivity contribution in [1.29, 1.82) is 0 Å². The second-order valence-corrected chi connectivity index (χ2v) is 6.00. The molecule has 20 heavy (non-hydrogen) atoms. The maximum Gasteiger partial charge on any atom is 0.307 e. The van der Waals surface area contributed by atoms with Gasteiger partial charge in [0.15, 0.2) is 0 Å². The topological polar surface area (TPSA) is 83.5 Å². The average molecular weight is 360 g/mol. The molecule has 0 aromatic heterocycles. The number of rotatable bonds is 6. The molecule has 0 aliphatic heterocycles. The number of nitrogens with one attached hydrogen (secondary N) is 1. The first-order valence-electron chi connectivity index (χ1n) is 5.81. The summed E-state index contributed by atoms with van der Waals surface area (Å²) in [5.41, 5.74) is 0.379. The second-order valence-electron chi connectivity index (χ2n) is 4.11. The number of imide groups is 1. The van der Waals surface area contributed by atoms with Crippen molar-refractivity contribution in [1.82, 2.24) is 5.32 Å². The van der Waals surface area contributed by atoms with Crippen LogP contribution in [0.1, 0.15) is 17.3 Å². The first-order valence-corrected chi connectivity index (χ1v) is 7.76. The Morgan fingerprint density at radius 3 is 2.60 bits per heavy atom. The van der Waals surface area contributed by atoms with Crippen LogP contribution >= 0.6 is 27.7 Å². The van der Waals surface area contributed by atoms with Crippen LogP contribution in [0.5, 0.6) is 0 Å². The first kappa shape index (κ1) is 16.7. The van der Waals surface area contributed by atoms with Crippen molar-refractivity contribution < 1.29 is 19.5 Å². The third-order valence-electron chi connectivity index (χ3n) is 2.39. The molecule has 0 bridgehead atoms. The van der Waals surface area contributed by atoms with E-state index in [1.165, 1.54) is 11.8 Å². The molecule has 2 amide bonds. The van der Waals surface area contributed by atoms with E-state index in [1.54, 1.807) is 31.2 Å². The van der Waals surface area contributed by atoms with Crippen molar-refractivity contribution in [3.05, 3.63) is 34.3 Å². The van der Waals surface area contributed by atoms with Gasteiger partial charge in [-0.3, -0.25) is 19.7 Å². The zero-order valence-electron chi connectivity index (χ0n) is 10.8. The Morgan fingerprint density at radius 1 is 1.35 bits per heavy atom. The van der Waals surface area contributed by atoms with E-state index < -0.39 is 23.7 Å². The molecule has 108 valence electrons. The zero-order chi connectivity index (χ0) is 15.1. The van der Waals surface area contributed by atoms with E-state index in [0.29, 0.717) is 15.8 Å². The minimum atomic E-state index is -0.901. The molecule has 0 aliphatic carbocycles. The van der Waals surface area contributed by atoms with Crippen molar-refractivity contribution in [2.45, 2.75) is 6.92 Å². The van der Waals surface area contributed by atoms with E-state index in [4.69, 9.17) is 5.11 Å². The van der Waals surface area contributed by atoms with Gasteiger partial charge in [-0.05, 0) is 28.1 Å². The summed E-state index contributed by atoms with van der Waals surface area (Å²) in [6, 6.07) is 6.79. The van der Waals surface area contributed by atoms with Gasteiger partial charge in [-0.1, -0.05) is 19.1 Å². The normalized spacial score (nSPS) is 11.7. The summed E-state index contributed by atoms with van der Waals surface area (Å²) in [6.07, 6.45) is 0. The van der Waals surface area contributed by atoms with Crippen molar-refractivity contribution >= 4 is 45.5 Å². The van der Waals surface area contributed by atoms with Gasteiger partial charge in [0.2, 0.25) is 5.91 Å². The maximum atomic E-state index is 11.8. The smallest absolute Gasteiger partial charge is 0.307 e. The SMILES string of the molecule is CC(CSCC(=O)NC(=O)c1ccccc1Br)C(=O)O. The number of hydrogen-bond donors (Lipinski definition) is 2. The lowest BCUT2D eigenvalue weighted by Gasteiger charge is -2.07. The number of carboxylic acids is 1. The molecule has 0 saturated carbocycles. The van der Waals surface area contributed by atoms with Crippen molar-refractivity contribution in [2.75, 3.05) is 11.5 Å². The summed E-state index contributed by atoms with van der Waals surface area (Å²) < 4.78 is 0.609. The third kappa shape index (κ3) is 5.34. The fourth-order valence-electron chi connectivity index (χ4n) is 1.28. The van der Waals surface area contributed by atoms with Crippen LogP contribution in [0, 0.1) is 5.92 Å². The molecule has 1 unspecified atom stereocenters. The second kappa shape index (κ2) is 8.06. The average Bonchev–Trinajstić information content (AvgIpc) is 2.38. The first-order chi connectivity index (χ1) is 9.41. The molecule has 0 radical (unpaired) electrons. The number of carboxylic acid groups (broad SMARTS) is 1. The van der Waals surface area contributed by atoms with Gasteiger partial charge in [0.25, 0.3) is 5.91 Å². The Labute approximate surface area is 129 Å². The lowest BCUT2D eigenvalue weighted by Crippen LogP contribution is -2.32. The molecule has 0 aliphatic rings. The van der Waals surface area contributed by atoms with Crippen LogP contribution in [0.3, 0.4) is 0 Å². The van der Waals surface area contributed by atoms with Crippen molar-refractivity contribution in [2.24, 2.45) is 5.92 Å². The number of hydrogen-bond acceptors (Lipinski definition) is 4. The van der Waals surface area contributed by atoms with Gasteiger partial charge in [-0.15, -0.1) is 0 Å². The summed E-state index contributed by atoms with van der Waals surface area (Å²) in [7, 11) is 0. The number of carbonyl (C=O) groups excluding carboxylic acids is 2. The maximum absolute atomic E-state index is 11.8. The highest BCUT2D eigenvalue weighted by molar-refractivity contribution is 9.10. The number of thioether (sulfide) groups is 1. The summed E-state index contributed by atoms with van der Waals surface area (Å²) in [5.74, 6) is -1.96. The predicted octanol–water partition coefficient (Wildman–Crippen LogP) is 2.16. The van der Waals surface area contributed by atoms with Crippen LogP contribution in [0.25, 0.3) is 0 Å². The number of benzene rings is 1.